The molecule has 19 heavy (non-hydrogen) atoms. The van der Waals surface area contributed by atoms with Gasteiger partial charge < -0.3 is 11.1 Å². The Labute approximate surface area is 108 Å². The fourth-order valence-electron chi connectivity index (χ4n) is 1.40. The van der Waals surface area contributed by atoms with Crippen molar-refractivity contribution >= 4 is 23.4 Å². The van der Waals surface area contributed by atoms with Crippen molar-refractivity contribution in [2.75, 3.05) is 10.7 Å². The Morgan fingerprint density at radius 1 is 1.53 bits per heavy atom. The molecule has 1 heterocycles. The van der Waals surface area contributed by atoms with E-state index in [0.29, 0.717) is 0 Å². The number of hydrogen-bond acceptors (Lipinski definition) is 8. The first-order valence-electron chi connectivity index (χ1n) is 5.40. The van der Waals surface area contributed by atoms with Gasteiger partial charge in [-0.1, -0.05) is 13.8 Å². The van der Waals surface area contributed by atoms with Gasteiger partial charge in [-0.2, -0.15) is 4.98 Å². The molecule has 1 rings (SSSR count). The first-order valence-corrected chi connectivity index (χ1v) is 5.40. The molecule has 10 heteroatoms. The smallest absolute Gasteiger partial charge is 0.329 e. The van der Waals surface area contributed by atoms with Crippen molar-refractivity contribution in [1.82, 2.24) is 9.97 Å². The predicted molar refractivity (Wildman–Crippen MR) is 67.9 cm³/mol. The van der Waals surface area contributed by atoms with Gasteiger partial charge in [-0.15, -0.1) is 0 Å². The van der Waals surface area contributed by atoms with Crippen molar-refractivity contribution in [1.29, 1.82) is 0 Å². The molecular weight excluding hydrogens is 254 g/mol. The van der Waals surface area contributed by atoms with Crippen molar-refractivity contribution in [2.45, 2.75) is 19.9 Å². The van der Waals surface area contributed by atoms with Crippen LogP contribution in [-0.2, 0) is 4.79 Å². The Kier molecular flexibility index (Phi) is 4.53. The van der Waals surface area contributed by atoms with Gasteiger partial charge in [0.15, 0.2) is 0 Å². The first kappa shape index (κ1) is 14.6. The zero-order valence-corrected chi connectivity index (χ0v) is 10.5. The van der Waals surface area contributed by atoms with Crippen LogP contribution >= 0.6 is 0 Å². The molecule has 0 radical (unpaired) electrons. The summed E-state index contributed by atoms with van der Waals surface area (Å²) in [4.78, 5) is 28.9. The van der Waals surface area contributed by atoms with E-state index in [1.165, 1.54) is 0 Å². The Bertz CT molecular complexity index is 491. The van der Waals surface area contributed by atoms with E-state index in [4.69, 9.17) is 11.6 Å². The summed E-state index contributed by atoms with van der Waals surface area (Å²) >= 11 is 0. The summed E-state index contributed by atoms with van der Waals surface area (Å²) in [5.74, 6) is 4.20. The number of hydrazine groups is 1. The predicted octanol–water partition coefficient (Wildman–Crippen LogP) is -0.408. The second-order valence-corrected chi connectivity index (χ2v) is 4.10. The lowest BCUT2D eigenvalue weighted by Crippen LogP contribution is -2.40. The van der Waals surface area contributed by atoms with E-state index in [2.05, 4.69) is 20.7 Å². The molecule has 1 unspecified atom stereocenters. The zero-order chi connectivity index (χ0) is 14.6. The molecule has 0 saturated heterocycles. The average molecular weight is 269 g/mol. The first-order chi connectivity index (χ1) is 8.86. The maximum absolute atomic E-state index is 11.3. The molecular formula is C9H15N7O3. The fourth-order valence-corrected chi connectivity index (χ4v) is 1.40. The summed E-state index contributed by atoms with van der Waals surface area (Å²) in [7, 11) is 0. The van der Waals surface area contributed by atoms with E-state index in [1.54, 1.807) is 13.8 Å². The standard InChI is InChI=1S/C9H15N7O3/c1-4(2)6(7(10)17)13-8-5(16(18)19)3-12-9(14-8)15-11/h3-4,6H,11H2,1-2H3,(H2,10,17)(H2,12,13,14,15). The summed E-state index contributed by atoms with van der Waals surface area (Å²) in [6.07, 6.45) is 0.989. The number of carbonyl (C=O) groups is 1. The number of hydrogen-bond donors (Lipinski definition) is 4. The van der Waals surface area contributed by atoms with E-state index in [9.17, 15) is 14.9 Å². The van der Waals surface area contributed by atoms with Crippen LogP contribution in [0.25, 0.3) is 0 Å². The highest BCUT2D eigenvalue weighted by molar-refractivity contribution is 5.83. The summed E-state index contributed by atoms with van der Waals surface area (Å²) in [5, 5.41) is 13.5. The number of anilines is 2. The number of carbonyl (C=O) groups excluding carboxylic acids is 1. The highest BCUT2D eigenvalue weighted by Crippen LogP contribution is 2.23. The van der Waals surface area contributed by atoms with Gasteiger partial charge in [0.05, 0.1) is 4.92 Å². The van der Waals surface area contributed by atoms with Gasteiger partial charge in [-0.25, -0.2) is 10.8 Å². The van der Waals surface area contributed by atoms with Gasteiger partial charge in [0, 0.05) is 0 Å². The van der Waals surface area contributed by atoms with Crippen molar-refractivity contribution in [3.8, 4) is 0 Å². The lowest BCUT2D eigenvalue weighted by Gasteiger charge is -2.19. The number of nitro groups is 1. The minimum Gasteiger partial charge on any atom is -0.368 e. The van der Waals surface area contributed by atoms with Crippen molar-refractivity contribution in [2.24, 2.45) is 17.5 Å². The number of nitrogen functional groups attached to an aromatic ring is 1. The molecule has 1 aromatic rings. The number of nitrogens with two attached hydrogens (primary N) is 2. The Balaban J connectivity index is 3.15. The average Bonchev–Trinajstić information content (AvgIpc) is 2.34. The number of amides is 1. The SMILES string of the molecule is CC(C)C(Nc1nc(NN)ncc1[N+](=O)[O-])C(N)=O. The third-order valence-electron chi connectivity index (χ3n) is 2.36. The molecule has 1 aromatic heterocycles. The van der Waals surface area contributed by atoms with Crippen LogP contribution in [0.15, 0.2) is 6.20 Å². The largest absolute Gasteiger partial charge is 0.368 e. The normalized spacial score (nSPS) is 12.0. The Morgan fingerprint density at radius 3 is 2.58 bits per heavy atom. The van der Waals surface area contributed by atoms with Crippen LogP contribution < -0.4 is 22.3 Å². The van der Waals surface area contributed by atoms with Gasteiger partial charge in [-0.05, 0) is 5.92 Å². The van der Waals surface area contributed by atoms with Gasteiger partial charge >= 0.3 is 5.69 Å². The minimum atomic E-state index is -0.792. The maximum atomic E-state index is 11.3. The van der Waals surface area contributed by atoms with Crippen LogP contribution in [-0.4, -0.2) is 26.8 Å². The molecule has 0 saturated carbocycles. The van der Waals surface area contributed by atoms with Gasteiger partial charge in [0.25, 0.3) is 0 Å². The molecule has 10 nitrogen and oxygen atoms in total. The van der Waals surface area contributed by atoms with Crippen LogP contribution in [0.3, 0.4) is 0 Å². The lowest BCUT2D eigenvalue weighted by atomic mass is 10.0. The summed E-state index contributed by atoms with van der Waals surface area (Å²) in [5.41, 5.74) is 7.02. The van der Waals surface area contributed by atoms with E-state index >= 15 is 0 Å². The van der Waals surface area contributed by atoms with Crippen molar-refractivity contribution < 1.29 is 9.72 Å². The molecule has 0 aliphatic heterocycles. The number of primary amides is 1. The van der Waals surface area contributed by atoms with Gasteiger partial charge in [0.2, 0.25) is 17.7 Å². The van der Waals surface area contributed by atoms with Crippen LogP contribution in [0.5, 0.6) is 0 Å². The number of nitrogens with zero attached hydrogens (tertiary/aromatic N) is 3. The third-order valence-corrected chi connectivity index (χ3v) is 2.36. The molecule has 104 valence electrons. The van der Waals surface area contributed by atoms with E-state index in [-0.39, 0.29) is 23.4 Å². The second kappa shape index (κ2) is 5.91. The highest BCUT2D eigenvalue weighted by Gasteiger charge is 2.25. The van der Waals surface area contributed by atoms with Gasteiger partial charge in [-0.3, -0.25) is 20.3 Å². The van der Waals surface area contributed by atoms with E-state index in [0.717, 1.165) is 6.20 Å². The number of aromatic nitrogens is 2. The number of nitrogens with one attached hydrogen (secondary N) is 2. The summed E-state index contributed by atoms with van der Waals surface area (Å²) in [6, 6.07) is -0.792. The monoisotopic (exact) mass is 269 g/mol. The molecule has 6 N–H and O–H groups in total. The van der Waals surface area contributed by atoms with Gasteiger partial charge in [0.1, 0.15) is 12.2 Å². The Morgan fingerprint density at radius 2 is 2.16 bits per heavy atom. The molecule has 1 atom stereocenters. The van der Waals surface area contributed by atoms with E-state index < -0.39 is 16.9 Å². The minimum absolute atomic E-state index is 0.0138. The lowest BCUT2D eigenvalue weighted by molar-refractivity contribution is -0.384. The summed E-state index contributed by atoms with van der Waals surface area (Å²) < 4.78 is 0. The zero-order valence-electron chi connectivity index (χ0n) is 10.5. The quantitative estimate of drug-likeness (QED) is 0.307. The van der Waals surface area contributed by atoms with Crippen LogP contribution in [0.2, 0.25) is 0 Å². The van der Waals surface area contributed by atoms with E-state index in [1.807, 2.05) is 0 Å². The fraction of sp³-hybridized carbons (Fsp3) is 0.444. The molecule has 0 spiro atoms. The second-order valence-electron chi connectivity index (χ2n) is 4.10. The van der Waals surface area contributed by atoms with Crippen LogP contribution in [0, 0.1) is 16.0 Å². The molecule has 1 amide bonds. The number of rotatable bonds is 6. The van der Waals surface area contributed by atoms with Crippen molar-refractivity contribution in [3.05, 3.63) is 16.3 Å². The molecule has 0 bridgehead atoms. The van der Waals surface area contributed by atoms with Crippen LogP contribution in [0.4, 0.5) is 17.5 Å². The maximum Gasteiger partial charge on any atom is 0.329 e. The van der Waals surface area contributed by atoms with Crippen LogP contribution in [0.1, 0.15) is 13.8 Å². The molecule has 0 aliphatic rings. The molecule has 0 aliphatic carbocycles. The third kappa shape index (κ3) is 3.48. The summed E-state index contributed by atoms with van der Waals surface area (Å²) in [6.45, 7) is 3.50. The molecule has 0 aromatic carbocycles. The van der Waals surface area contributed by atoms with Crippen molar-refractivity contribution in [3.63, 3.8) is 0 Å². The topological polar surface area (TPSA) is 162 Å². The highest BCUT2D eigenvalue weighted by atomic mass is 16.6. The Hall–Kier alpha value is -2.49. The molecule has 0 fully saturated rings.